The molecule has 1 saturated carbocycles. The van der Waals surface area contributed by atoms with Crippen LogP contribution in [0.2, 0.25) is 0 Å². The highest BCUT2D eigenvalue weighted by atomic mass is 32.2. The number of nitrogen functional groups attached to an aromatic ring is 1. The van der Waals surface area contributed by atoms with E-state index in [9.17, 15) is 8.42 Å². The maximum absolute atomic E-state index is 12.1. The first kappa shape index (κ1) is 13.4. The normalized spacial score (nSPS) is 18.9. The third-order valence-corrected chi connectivity index (χ3v) is 4.96. The molecule has 2 rings (SSSR count). The van der Waals surface area contributed by atoms with Crippen molar-refractivity contribution in [3.8, 4) is 0 Å². The van der Waals surface area contributed by atoms with E-state index in [0.29, 0.717) is 5.69 Å². The predicted molar refractivity (Wildman–Crippen MR) is 73.5 cm³/mol. The molecular weight excluding hydrogens is 248 g/mol. The Morgan fingerprint density at radius 3 is 2.33 bits per heavy atom. The minimum atomic E-state index is -3.28. The molecule has 18 heavy (non-hydrogen) atoms. The van der Waals surface area contributed by atoms with Gasteiger partial charge in [0.1, 0.15) is 0 Å². The highest BCUT2D eigenvalue weighted by Gasteiger charge is 2.32. The van der Waals surface area contributed by atoms with Gasteiger partial charge in [-0.05, 0) is 37.5 Å². The summed E-state index contributed by atoms with van der Waals surface area (Å²) in [5, 5.41) is 0. The number of nitrogens with two attached hydrogens (primary N) is 1. The third kappa shape index (κ3) is 3.46. The molecule has 0 aliphatic heterocycles. The molecule has 1 aromatic carbocycles. The van der Waals surface area contributed by atoms with Gasteiger partial charge < -0.3 is 5.73 Å². The summed E-state index contributed by atoms with van der Waals surface area (Å²) in [6.07, 6.45) is 4.05. The van der Waals surface area contributed by atoms with Crippen molar-refractivity contribution in [3.63, 3.8) is 0 Å². The number of rotatable bonds is 4. The van der Waals surface area contributed by atoms with Crippen molar-refractivity contribution in [2.45, 2.75) is 43.9 Å². The van der Waals surface area contributed by atoms with Crippen molar-refractivity contribution in [3.05, 3.63) is 29.8 Å². The molecular formula is C13H20N2O2S. The summed E-state index contributed by atoms with van der Waals surface area (Å²) in [6.45, 7) is 1.99. The van der Waals surface area contributed by atoms with Gasteiger partial charge in [0.2, 0.25) is 10.0 Å². The first-order valence-electron chi connectivity index (χ1n) is 6.25. The van der Waals surface area contributed by atoms with Gasteiger partial charge in [-0.3, -0.25) is 0 Å². The van der Waals surface area contributed by atoms with E-state index in [4.69, 9.17) is 5.73 Å². The zero-order valence-corrected chi connectivity index (χ0v) is 11.5. The summed E-state index contributed by atoms with van der Waals surface area (Å²) in [5.41, 5.74) is 6.73. The minimum absolute atomic E-state index is 0.0167. The van der Waals surface area contributed by atoms with E-state index in [1.165, 1.54) is 0 Å². The Balaban J connectivity index is 2.05. The van der Waals surface area contributed by atoms with Gasteiger partial charge >= 0.3 is 0 Å². The molecule has 1 aliphatic rings. The van der Waals surface area contributed by atoms with Crippen LogP contribution in [-0.4, -0.2) is 14.0 Å². The molecule has 100 valence electrons. The van der Waals surface area contributed by atoms with Crippen LogP contribution in [0.15, 0.2) is 24.3 Å². The molecule has 0 radical (unpaired) electrons. The molecule has 0 unspecified atom stereocenters. The van der Waals surface area contributed by atoms with Gasteiger partial charge in [-0.15, -0.1) is 0 Å². The van der Waals surface area contributed by atoms with Gasteiger partial charge in [0.25, 0.3) is 0 Å². The van der Waals surface area contributed by atoms with Crippen LogP contribution in [0.1, 0.15) is 38.2 Å². The number of nitrogens with one attached hydrogen (secondary N) is 1. The van der Waals surface area contributed by atoms with E-state index in [-0.39, 0.29) is 11.3 Å². The van der Waals surface area contributed by atoms with Crippen LogP contribution in [0, 0.1) is 0 Å². The molecule has 0 atom stereocenters. The lowest BCUT2D eigenvalue weighted by molar-refractivity contribution is 0.427. The van der Waals surface area contributed by atoms with Gasteiger partial charge in [0.15, 0.2) is 0 Å². The molecule has 0 saturated heterocycles. The summed E-state index contributed by atoms with van der Waals surface area (Å²) in [5.74, 6) is 0.0167. The monoisotopic (exact) mass is 268 g/mol. The van der Waals surface area contributed by atoms with Crippen LogP contribution < -0.4 is 10.5 Å². The first-order valence-corrected chi connectivity index (χ1v) is 7.90. The van der Waals surface area contributed by atoms with Crippen LogP contribution in [0.3, 0.4) is 0 Å². The fourth-order valence-corrected chi connectivity index (χ4v) is 4.16. The van der Waals surface area contributed by atoms with E-state index < -0.39 is 10.0 Å². The number of hydrogen-bond donors (Lipinski definition) is 2. The number of anilines is 1. The lowest BCUT2D eigenvalue weighted by Gasteiger charge is -2.24. The maximum atomic E-state index is 12.1. The standard InChI is InChI=1S/C13H20N2O2S/c1-13(8-2-3-9-13)15-18(16,17)10-11-4-6-12(14)7-5-11/h4-7,15H,2-3,8-10,14H2,1H3. The summed E-state index contributed by atoms with van der Waals surface area (Å²) in [7, 11) is -3.28. The van der Waals surface area contributed by atoms with E-state index in [2.05, 4.69) is 4.72 Å². The van der Waals surface area contributed by atoms with Crippen LogP contribution in [0.5, 0.6) is 0 Å². The van der Waals surface area contributed by atoms with Crippen molar-refractivity contribution in [1.82, 2.24) is 4.72 Å². The predicted octanol–water partition coefficient (Wildman–Crippen LogP) is 2.02. The average molecular weight is 268 g/mol. The minimum Gasteiger partial charge on any atom is -0.399 e. The Labute approximate surface area is 109 Å². The van der Waals surface area contributed by atoms with Gasteiger partial charge in [-0.1, -0.05) is 25.0 Å². The van der Waals surface area contributed by atoms with Gasteiger partial charge in [0, 0.05) is 11.2 Å². The van der Waals surface area contributed by atoms with Crippen molar-refractivity contribution < 1.29 is 8.42 Å². The Bertz CT molecular complexity index is 502. The van der Waals surface area contributed by atoms with Gasteiger partial charge in [-0.2, -0.15) is 0 Å². The highest BCUT2D eigenvalue weighted by molar-refractivity contribution is 7.88. The largest absolute Gasteiger partial charge is 0.399 e. The SMILES string of the molecule is CC1(NS(=O)(=O)Cc2ccc(N)cc2)CCCC1. The zero-order valence-electron chi connectivity index (χ0n) is 10.6. The smallest absolute Gasteiger partial charge is 0.216 e. The summed E-state index contributed by atoms with van der Waals surface area (Å²) < 4.78 is 27.0. The fourth-order valence-electron chi connectivity index (χ4n) is 2.50. The molecule has 0 spiro atoms. The van der Waals surface area contributed by atoms with Crippen molar-refractivity contribution in [2.24, 2.45) is 0 Å². The fraction of sp³-hybridized carbons (Fsp3) is 0.538. The van der Waals surface area contributed by atoms with E-state index in [1.54, 1.807) is 24.3 Å². The Morgan fingerprint density at radius 2 is 1.78 bits per heavy atom. The molecule has 0 aromatic heterocycles. The van der Waals surface area contributed by atoms with Crippen LogP contribution in [-0.2, 0) is 15.8 Å². The van der Waals surface area contributed by atoms with E-state index in [1.807, 2.05) is 6.92 Å². The summed E-state index contributed by atoms with van der Waals surface area (Å²) >= 11 is 0. The molecule has 0 bridgehead atoms. The van der Waals surface area contributed by atoms with Gasteiger partial charge in [0.05, 0.1) is 5.75 Å². The zero-order chi connectivity index (χ0) is 13.2. The maximum Gasteiger partial charge on any atom is 0.216 e. The van der Waals surface area contributed by atoms with Crippen molar-refractivity contribution in [2.75, 3.05) is 5.73 Å². The Hall–Kier alpha value is -1.07. The van der Waals surface area contributed by atoms with E-state index >= 15 is 0 Å². The first-order chi connectivity index (χ1) is 8.39. The number of hydrogen-bond acceptors (Lipinski definition) is 3. The molecule has 1 aromatic rings. The molecule has 1 aliphatic carbocycles. The summed E-state index contributed by atoms with van der Waals surface area (Å²) in [4.78, 5) is 0. The molecule has 1 fully saturated rings. The van der Waals surface area contributed by atoms with Crippen molar-refractivity contribution >= 4 is 15.7 Å². The van der Waals surface area contributed by atoms with E-state index in [0.717, 1.165) is 31.2 Å². The summed E-state index contributed by atoms with van der Waals surface area (Å²) in [6, 6.07) is 6.96. The van der Waals surface area contributed by atoms with Crippen LogP contribution in [0.4, 0.5) is 5.69 Å². The lowest BCUT2D eigenvalue weighted by Crippen LogP contribution is -2.43. The molecule has 0 heterocycles. The number of sulfonamides is 1. The quantitative estimate of drug-likeness (QED) is 0.821. The van der Waals surface area contributed by atoms with Crippen LogP contribution in [0.25, 0.3) is 0 Å². The Kier molecular flexibility index (Phi) is 3.64. The molecule has 0 amide bonds. The highest BCUT2D eigenvalue weighted by Crippen LogP contribution is 2.29. The average Bonchev–Trinajstić information content (AvgIpc) is 2.67. The molecule has 5 heteroatoms. The van der Waals surface area contributed by atoms with Crippen molar-refractivity contribution in [1.29, 1.82) is 0 Å². The van der Waals surface area contributed by atoms with Crippen LogP contribution >= 0.6 is 0 Å². The number of benzene rings is 1. The third-order valence-electron chi connectivity index (χ3n) is 3.45. The topological polar surface area (TPSA) is 72.2 Å². The van der Waals surface area contributed by atoms with Gasteiger partial charge in [-0.25, -0.2) is 13.1 Å². The second kappa shape index (κ2) is 4.90. The lowest BCUT2D eigenvalue weighted by atomic mass is 10.0. The Morgan fingerprint density at radius 1 is 1.22 bits per heavy atom. The second-order valence-electron chi connectivity index (χ2n) is 5.37. The molecule has 4 nitrogen and oxygen atoms in total. The second-order valence-corrected chi connectivity index (χ2v) is 7.09. The molecule has 3 N–H and O–H groups in total.